The van der Waals surface area contributed by atoms with Gasteiger partial charge in [0, 0.05) is 30.8 Å². The number of benzene rings is 1. The van der Waals surface area contributed by atoms with Gasteiger partial charge in [-0.2, -0.15) is 0 Å². The molecule has 3 aromatic rings. The number of fused-ring (bicyclic) bond motifs is 1. The van der Waals surface area contributed by atoms with Crippen LogP contribution in [0.4, 0.5) is 0 Å². The topological polar surface area (TPSA) is 55.3 Å². The lowest BCUT2D eigenvalue weighted by molar-refractivity contribution is 0.0393. The SMILES string of the molecule is O=C(c1ccc2ncsc2c1)N1CC(COc2cccnc2)C1. The van der Waals surface area contributed by atoms with Crippen LogP contribution < -0.4 is 4.74 Å². The Morgan fingerprint density at radius 1 is 1.35 bits per heavy atom. The zero-order valence-electron chi connectivity index (χ0n) is 12.4. The second-order valence-corrected chi connectivity index (χ2v) is 6.50. The molecule has 0 atom stereocenters. The minimum Gasteiger partial charge on any atom is -0.492 e. The highest BCUT2D eigenvalue weighted by molar-refractivity contribution is 7.16. The third-order valence-corrected chi connectivity index (χ3v) is 4.73. The highest BCUT2D eigenvalue weighted by Crippen LogP contribution is 2.23. The fraction of sp³-hybridized carbons (Fsp3) is 0.235. The van der Waals surface area contributed by atoms with Crippen molar-refractivity contribution in [2.75, 3.05) is 19.7 Å². The van der Waals surface area contributed by atoms with Crippen LogP contribution in [0.25, 0.3) is 10.2 Å². The first-order valence-corrected chi connectivity index (χ1v) is 8.33. The first-order chi connectivity index (χ1) is 11.3. The molecular formula is C17H15N3O2S. The second-order valence-electron chi connectivity index (χ2n) is 5.61. The van der Waals surface area contributed by atoms with Gasteiger partial charge in [0.25, 0.3) is 5.91 Å². The van der Waals surface area contributed by atoms with E-state index < -0.39 is 0 Å². The Morgan fingerprint density at radius 3 is 3.09 bits per heavy atom. The maximum absolute atomic E-state index is 12.5. The number of rotatable bonds is 4. The minimum atomic E-state index is 0.0814. The van der Waals surface area contributed by atoms with E-state index in [0.717, 1.165) is 34.6 Å². The highest BCUT2D eigenvalue weighted by Gasteiger charge is 2.31. The van der Waals surface area contributed by atoms with Gasteiger partial charge in [-0.3, -0.25) is 9.78 Å². The van der Waals surface area contributed by atoms with Gasteiger partial charge in [-0.15, -0.1) is 11.3 Å². The van der Waals surface area contributed by atoms with E-state index in [0.29, 0.717) is 12.5 Å². The van der Waals surface area contributed by atoms with E-state index in [1.165, 1.54) is 0 Å². The Balaban J connectivity index is 1.33. The number of hydrogen-bond acceptors (Lipinski definition) is 5. The summed E-state index contributed by atoms with van der Waals surface area (Å²) in [6.45, 7) is 2.09. The van der Waals surface area contributed by atoms with E-state index in [1.54, 1.807) is 29.2 Å². The lowest BCUT2D eigenvalue weighted by Crippen LogP contribution is -2.52. The highest BCUT2D eigenvalue weighted by atomic mass is 32.1. The Morgan fingerprint density at radius 2 is 2.26 bits per heavy atom. The van der Waals surface area contributed by atoms with Crippen LogP contribution in [0.5, 0.6) is 5.75 Å². The van der Waals surface area contributed by atoms with E-state index in [2.05, 4.69) is 9.97 Å². The van der Waals surface area contributed by atoms with Crippen LogP contribution in [0.2, 0.25) is 0 Å². The number of hydrogen-bond donors (Lipinski definition) is 0. The fourth-order valence-electron chi connectivity index (χ4n) is 2.66. The Kier molecular flexibility index (Phi) is 3.67. The van der Waals surface area contributed by atoms with Crippen LogP contribution in [0.15, 0.2) is 48.2 Å². The Bertz CT molecular complexity index is 828. The molecule has 1 aliphatic rings. The predicted molar refractivity (Wildman–Crippen MR) is 88.7 cm³/mol. The summed E-state index contributed by atoms with van der Waals surface area (Å²) in [5.41, 5.74) is 3.47. The average Bonchev–Trinajstić information content (AvgIpc) is 3.01. The van der Waals surface area contributed by atoms with Crippen molar-refractivity contribution in [2.24, 2.45) is 5.92 Å². The van der Waals surface area contributed by atoms with E-state index in [4.69, 9.17) is 4.74 Å². The van der Waals surface area contributed by atoms with E-state index >= 15 is 0 Å². The van der Waals surface area contributed by atoms with Gasteiger partial charge in [0.05, 0.1) is 28.5 Å². The first kappa shape index (κ1) is 14.1. The molecule has 1 fully saturated rings. The quantitative estimate of drug-likeness (QED) is 0.740. The molecule has 0 N–H and O–H groups in total. The van der Waals surface area contributed by atoms with Crippen molar-refractivity contribution in [3.8, 4) is 5.75 Å². The molecule has 0 aliphatic carbocycles. The van der Waals surface area contributed by atoms with Crippen LogP contribution in [0.3, 0.4) is 0 Å². The molecule has 5 nitrogen and oxygen atoms in total. The van der Waals surface area contributed by atoms with E-state index in [1.807, 2.05) is 35.2 Å². The molecule has 0 saturated carbocycles. The predicted octanol–water partition coefficient (Wildman–Crippen LogP) is 2.84. The summed E-state index contributed by atoms with van der Waals surface area (Å²) in [5, 5.41) is 0. The number of pyridine rings is 1. The van der Waals surface area contributed by atoms with Crippen molar-refractivity contribution >= 4 is 27.5 Å². The van der Waals surface area contributed by atoms with Crippen molar-refractivity contribution in [2.45, 2.75) is 0 Å². The normalized spacial score (nSPS) is 14.7. The third kappa shape index (κ3) is 2.90. The molecule has 4 rings (SSSR count). The molecule has 116 valence electrons. The average molecular weight is 325 g/mol. The van der Waals surface area contributed by atoms with Crippen molar-refractivity contribution in [3.63, 3.8) is 0 Å². The van der Waals surface area contributed by atoms with E-state index in [-0.39, 0.29) is 5.91 Å². The molecule has 6 heteroatoms. The summed E-state index contributed by atoms with van der Waals surface area (Å²) < 4.78 is 6.73. The summed E-state index contributed by atoms with van der Waals surface area (Å²) in [6, 6.07) is 9.42. The van der Waals surface area contributed by atoms with Crippen molar-refractivity contribution in [1.82, 2.24) is 14.9 Å². The summed E-state index contributed by atoms with van der Waals surface area (Å²) in [6.07, 6.45) is 3.42. The zero-order valence-corrected chi connectivity index (χ0v) is 13.2. The number of likely N-dealkylation sites (tertiary alicyclic amines) is 1. The van der Waals surface area contributed by atoms with Gasteiger partial charge in [0.2, 0.25) is 0 Å². The molecule has 2 aromatic heterocycles. The molecule has 1 aromatic carbocycles. The summed E-state index contributed by atoms with van der Waals surface area (Å²) in [5.74, 6) is 1.23. The second kappa shape index (κ2) is 5.96. The molecule has 1 aliphatic heterocycles. The summed E-state index contributed by atoms with van der Waals surface area (Å²) in [4.78, 5) is 22.6. The summed E-state index contributed by atoms with van der Waals surface area (Å²) >= 11 is 1.55. The van der Waals surface area contributed by atoms with Gasteiger partial charge in [0.15, 0.2) is 0 Å². The fourth-order valence-corrected chi connectivity index (χ4v) is 3.37. The smallest absolute Gasteiger partial charge is 0.253 e. The number of aromatic nitrogens is 2. The third-order valence-electron chi connectivity index (χ3n) is 3.94. The molecule has 1 saturated heterocycles. The van der Waals surface area contributed by atoms with Gasteiger partial charge in [0.1, 0.15) is 5.75 Å². The van der Waals surface area contributed by atoms with Crippen molar-refractivity contribution in [1.29, 1.82) is 0 Å². The van der Waals surface area contributed by atoms with Crippen LogP contribution in [0, 0.1) is 5.92 Å². The number of carbonyl (C=O) groups is 1. The Hall–Kier alpha value is -2.47. The van der Waals surface area contributed by atoms with E-state index in [9.17, 15) is 4.79 Å². The number of amides is 1. The maximum Gasteiger partial charge on any atom is 0.253 e. The number of thiazole rings is 1. The molecule has 0 unspecified atom stereocenters. The largest absolute Gasteiger partial charge is 0.492 e. The van der Waals surface area contributed by atoms with Crippen LogP contribution in [0.1, 0.15) is 10.4 Å². The van der Waals surface area contributed by atoms with Crippen LogP contribution >= 0.6 is 11.3 Å². The van der Waals surface area contributed by atoms with Crippen LogP contribution in [-0.2, 0) is 0 Å². The molecule has 0 spiro atoms. The molecule has 0 bridgehead atoms. The number of carbonyl (C=O) groups excluding carboxylic acids is 1. The molecular weight excluding hydrogens is 310 g/mol. The van der Waals surface area contributed by atoms with Gasteiger partial charge >= 0.3 is 0 Å². The zero-order chi connectivity index (χ0) is 15.6. The van der Waals surface area contributed by atoms with Crippen molar-refractivity contribution in [3.05, 3.63) is 53.8 Å². The molecule has 0 radical (unpaired) electrons. The van der Waals surface area contributed by atoms with Crippen LogP contribution in [-0.4, -0.2) is 40.5 Å². The summed E-state index contributed by atoms with van der Waals surface area (Å²) in [7, 11) is 0. The van der Waals surface area contributed by atoms with Gasteiger partial charge in [-0.05, 0) is 30.3 Å². The maximum atomic E-state index is 12.5. The lowest BCUT2D eigenvalue weighted by Gasteiger charge is -2.39. The first-order valence-electron chi connectivity index (χ1n) is 7.45. The lowest BCUT2D eigenvalue weighted by atomic mass is 10.00. The van der Waals surface area contributed by atoms with Gasteiger partial charge < -0.3 is 9.64 Å². The molecule has 1 amide bonds. The van der Waals surface area contributed by atoms with Gasteiger partial charge in [-0.1, -0.05) is 0 Å². The van der Waals surface area contributed by atoms with Crippen molar-refractivity contribution < 1.29 is 9.53 Å². The minimum absolute atomic E-state index is 0.0814. The standard InChI is InChI=1S/C17H15N3O2S/c21-17(13-3-4-15-16(6-13)23-11-19-15)20-8-12(9-20)10-22-14-2-1-5-18-7-14/h1-7,11-12H,8-10H2. The number of ether oxygens (including phenoxy) is 1. The number of nitrogens with zero attached hydrogens (tertiary/aromatic N) is 3. The Labute approximate surface area is 137 Å². The monoisotopic (exact) mass is 325 g/mol. The molecule has 3 heterocycles. The van der Waals surface area contributed by atoms with Gasteiger partial charge in [-0.25, -0.2) is 4.98 Å². The molecule has 23 heavy (non-hydrogen) atoms.